The van der Waals surface area contributed by atoms with Gasteiger partial charge in [-0.3, -0.25) is 0 Å². The second kappa shape index (κ2) is 10.8. The van der Waals surface area contributed by atoms with Crippen molar-refractivity contribution in [2.24, 2.45) is 0 Å². The Hall–Kier alpha value is 0.603. The Kier molecular flexibility index (Phi) is 11.1. The summed E-state index contributed by atoms with van der Waals surface area (Å²) in [7, 11) is 4.18. The average molecular weight is 493 g/mol. The SMILES string of the molecule is CC(C)(C)c1cccc([S][Zr+2][S]c2cccc(C(C)(C)C)c2)c1.[Cl-].[Cl-]. The van der Waals surface area contributed by atoms with Gasteiger partial charge in [-0.1, -0.05) is 0 Å². The minimum Gasteiger partial charge on any atom is -1.00 e. The van der Waals surface area contributed by atoms with Crippen molar-refractivity contribution in [1.82, 2.24) is 0 Å². The van der Waals surface area contributed by atoms with Gasteiger partial charge in [-0.2, -0.15) is 0 Å². The summed E-state index contributed by atoms with van der Waals surface area (Å²) in [6.45, 7) is 13.7. The minimum atomic E-state index is -0.566. The molecule has 0 N–H and O–H groups in total. The predicted molar refractivity (Wildman–Crippen MR) is 102 cm³/mol. The Labute approximate surface area is 182 Å². The monoisotopic (exact) mass is 490 g/mol. The smallest absolute Gasteiger partial charge is 1.00 e. The Morgan fingerprint density at radius 1 is 0.640 bits per heavy atom. The number of hydrogen-bond donors (Lipinski definition) is 0. The quantitative estimate of drug-likeness (QED) is 0.627. The maximum Gasteiger partial charge on any atom is -1.00 e. The van der Waals surface area contributed by atoms with E-state index < -0.39 is 20.3 Å². The van der Waals surface area contributed by atoms with Crippen molar-refractivity contribution in [1.29, 1.82) is 0 Å². The normalized spacial score (nSPS) is 11.1. The van der Waals surface area contributed by atoms with E-state index in [1.165, 1.54) is 20.9 Å². The number of rotatable bonds is 4. The summed E-state index contributed by atoms with van der Waals surface area (Å²) in [6.07, 6.45) is 0. The van der Waals surface area contributed by atoms with E-state index in [1.54, 1.807) is 0 Å². The molecule has 0 aliphatic rings. The largest absolute Gasteiger partial charge is 1.00 e. The second-order valence-electron chi connectivity index (χ2n) is 7.84. The van der Waals surface area contributed by atoms with E-state index in [2.05, 4.69) is 107 Å². The van der Waals surface area contributed by atoms with Crippen LogP contribution in [0.4, 0.5) is 0 Å². The summed E-state index contributed by atoms with van der Waals surface area (Å²) < 4.78 is 0. The second-order valence-corrected chi connectivity index (χ2v) is 16.6. The minimum absolute atomic E-state index is 0. The molecule has 0 saturated carbocycles. The maximum atomic E-state index is 2.37. The third-order valence-electron chi connectivity index (χ3n) is 3.72. The molecule has 25 heavy (non-hydrogen) atoms. The molecule has 0 unspecified atom stereocenters. The van der Waals surface area contributed by atoms with Crippen molar-refractivity contribution in [3.8, 4) is 0 Å². The van der Waals surface area contributed by atoms with Crippen molar-refractivity contribution < 1.29 is 45.1 Å². The van der Waals surface area contributed by atoms with Crippen LogP contribution in [0.25, 0.3) is 0 Å². The molecule has 136 valence electrons. The van der Waals surface area contributed by atoms with Crippen LogP contribution in [0.1, 0.15) is 52.7 Å². The van der Waals surface area contributed by atoms with Gasteiger partial charge in [0.2, 0.25) is 0 Å². The zero-order valence-electron chi connectivity index (χ0n) is 15.7. The molecule has 2 aromatic rings. The molecule has 2 aromatic carbocycles. The number of halogens is 2. The predicted octanol–water partition coefficient (Wildman–Crippen LogP) is 1.09. The Balaban J connectivity index is 0.00000288. The van der Waals surface area contributed by atoms with Crippen LogP contribution in [0, 0.1) is 0 Å². The number of hydrogen-bond acceptors (Lipinski definition) is 2. The third-order valence-corrected chi connectivity index (χ3v) is 12.5. The molecule has 0 aliphatic carbocycles. The van der Waals surface area contributed by atoms with Gasteiger partial charge >= 0.3 is 159 Å². The van der Waals surface area contributed by atoms with Crippen molar-refractivity contribution in [2.45, 2.75) is 62.2 Å². The fourth-order valence-corrected chi connectivity index (χ4v) is 10.8. The van der Waals surface area contributed by atoms with Crippen LogP contribution in [0.2, 0.25) is 0 Å². The van der Waals surface area contributed by atoms with E-state index in [9.17, 15) is 0 Å². The summed E-state index contributed by atoms with van der Waals surface area (Å²) in [4.78, 5) is 2.87. The molecule has 0 nitrogen and oxygen atoms in total. The zero-order chi connectivity index (χ0) is 17.1. The van der Waals surface area contributed by atoms with Gasteiger partial charge in [0, 0.05) is 0 Å². The molecule has 0 atom stereocenters. The van der Waals surface area contributed by atoms with Crippen LogP contribution in [-0.2, 0) is 31.1 Å². The van der Waals surface area contributed by atoms with Crippen LogP contribution in [0.15, 0.2) is 58.3 Å². The molecular formula is C20H26Cl2S2Zr. The molecule has 0 amide bonds. The van der Waals surface area contributed by atoms with E-state index in [-0.39, 0.29) is 35.6 Å². The van der Waals surface area contributed by atoms with E-state index in [4.69, 9.17) is 0 Å². The van der Waals surface area contributed by atoms with Crippen molar-refractivity contribution in [3.63, 3.8) is 0 Å². The van der Waals surface area contributed by atoms with Gasteiger partial charge in [-0.25, -0.2) is 0 Å². The van der Waals surface area contributed by atoms with Crippen molar-refractivity contribution in [3.05, 3.63) is 59.7 Å². The van der Waals surface area contributed by atoms with Crippen LogP contribution in [-0.4, -0.2) is 0 Å². The first-order valence-corrected chi connectivity index (χ1v) is 15.6. The summed E-state index contributed by atoms with van der Waals surface area (Å²) in [6, 6.07) is 18.2. The Bertz CT molecular complexity index is 604. The fourth-order valence-electron chi connectivity index (χ4n) is 2.17. The summed E-state index contributed by atoms with van der Waals surface area (Å²) in [5.74, 6) is 0. The standard InChI is InChI=1S/2C10H14S.2ClH.Zr/c2*1-10(2,3)8-5-4-6-9(11)7-8;;;/h2*4-7,11H,1-3H3;2*1H;/q;;;;+4/p-4. The Morgan fingerprint density at radius 2 is 1.00 bits per heavy atom. The zero-order valence-corrected chi connectivity index (χ0v) is 21.3. The van der Waals surface area contributed by atoms with Gasteiger partial charge in [0.1, 0.15) is 0 Å². The first-order chi connectivity index (χ1) is 10.7. The fraction of sp³-hybridized carbons (Fsp3) is 0.400. The van der Waals surface area contributed by atoms with Crippen LogP contribution >= 0.6 is 17.0 Å². The van der Waals surface area contributed by atoms with Gasteiger partial charge in [-0.05, 0) is 0 Å². The van der Waals surface area contributed by atoms with E-state index >= 15 is 0 Å². The molecule has 5 heteroatoms. The third kappa shape index (κ3) is 8.43. The molecular weight excluding hydrogens is 466 g/mol. The topological polar surface area (TPSA) is 0 Å². The molecule has 0 saturated heterocycles. The molecule has 0 radical (unpaired) electrons. The summed E-state index contributed by atoms with van der Waals surface area (Å²) in [5, 5.41) is 0. The van der Waals surface area contributed by atoms with Gasteiger partial charge in [-0.15, -0.1) is 0 Å². The van der Waals surface area contributed by atoms with Crippen molar-refractivity contribution >= 4 is 17.0 Å². The van der Waals surface area contributed by atoms with Gasteiger partial charge in [0.05, 0.1) is 0 Å². The maximum absolute atomic E-state index is 2.37. The van der Waals surface area contributed by atoms with Crippen LogP contribution in [0.3, 0.4) is 0 Å². The van der Waals surface area contributed by atoms with Gasteiger partial charge < -0.3 is 24.8 Å². The van der Waals surface area contributed by atoms with Crippen LogP contribution < -0.4 is 24.8 Å². The molecule has 0 aliphatic heterocycles. The van der Waals surface area contributed by atoms with Gasteiger partial charge in [0.15, 0.2) is 0 Å². The molecule has 0 aromatic heterocycles. The molecule has 0 fully saturated rings. The van der Waals surface area contributed by atoms with E-state index in [1.807, 2.05) is 0 Å². The van der Waals surface area contributed by atoms with E-state index in [0.717, 1.165) is 0 Å². The molecule has 0 heterocycles. The van der Waals surface area contributed by atoms with Crippen LogP contribution in [0.5, 0.6) is 0 Å². The molecule has 0 spiro atoms. The molecule has 2 rings (SSSR count). The first-order valence-electron chi connectivity index (χ1n) is 7.96. The Morgan fingerprint density at radius 3 is 1.32 bits per heavy atom. The average Bonchev–Trinajstić information content (AvgIpc) is 2.46. The number of benzene rings is 2. The van der Waals surface area contributed by atoms with E-state index in [0.29, 0.717) is 0 Å². The first kappa shape index (κ1) is 25.6. The van der Waals surface area contributed by atoms with Crippen molar-refractivity contribution in [2.75, 3.05) is 0 Å². The molecule has 0 bridgehead atoms. The van der Waals surface area contributed by atoms with Gasteiger partial charge in [0.25, 0.3) is 0 Å². The summed E-state index contributed by atoms with van der Waals surface area (Å²) in [5.41, 5.74) is 3.33. The summed E-state index contributed by atoms with van der Waals surface area (Å²) >= 11 is -0.566.